The van der Waals surface area contributed by atoms with Crippen LogP contribution in [0.1, 0.15) is 30.1 Å². The van der Waals surface area contributed by atoms with Gasteiger partial charge < -0.3 is 9.88 Å². The van der Waals surface area contributed by atoms with Gasteiger partial charge >= 0.3 is 6.18 Å². The van der Waals surface area contributed by atoms with Crippen molar-refractivity contribution < 1.29 is 26.7 Å². The van der Waals surface area contributed by atoms with Crippen molar-refractivity contribution in [1.82, 2.24) is 25.0 Å². The van der Waals surface area contributed by atoms with Gasteiger partial charge in [0, 0.05) is 23.4 Å². The quantitative estimate of drug-likeness (QED) is 0.348. The average Bonchev–Trinajstić information content (AvgIpc) is 3.26. The molecule has 0 spiro atoms. The molecular weight excluding hydrogens is 459 g/mol. The minimum absolute atomic E-state index is 0.0310. The number of carbonyl (C=O) groups is 1. The molecule has 174 valence electrons. The summed E-state index contributed by atoms with van der Waals surface area (Å²) >= 11 is 0. The summed E-state index contributed by atoms with van der Waals surface area (Å²) in [6.07, 6.45) is -1.18. The van der Waals surface area contributed by atoms with Crippen LogP contribution in [0, 0.1) is 23.5 Å². The van der Waals surface area contributed by atoms with Gasteiger partial charge in [-0.15, -0.1) is 5.10 Å². The number of amides is 1. The monoisotopic (exact) mass is 474 g/mol. The van der Waals surface area contributed by atoms with Crippen molar-refractivity contribution in [2.45, 2.75) is 25.1 Å². The van der Waals surface area contributed by atoms with Gasteiger partial charge in [-0.2, -0.15) is 23.1 Å². The van der Waals surface area contributed by atoms with Gasteiger partial charge in [-0.3, -0.25) is 4.79 Å². The predicted octanol–water partition coefficient (Wildman–Crippen LogP) is 4.55. The molecule has 0 bridgehead atoms. The maximum absolute atomic E-state index is 15.3. The normalized spacial score (nSPS) is 20.7. The Morgan fingerprint density at radius 1 is 1.03 bits per heavy atom. The summed E-state index contributed by atoms with van der Waals surface area (Å²) in [6, 6.07) is 5.92. The SMILES string of the molecule is O=C1[C@H](C2CC2)C(c2c(F)cc(-n3ncc(C(F)(F)F)n3)cc2F)N1c1ccc2[nH]cnc2c1. The first-order valence-electron chi connectivity index (χ1n) is 10.5. The molecule has 2 aromatic carbocycles. The maximum atomic E-state index is 15.3. The van der Waals surface area contributed by atoms with Gasteiger partial charge in [0.05, 0.1) is 41.2 Å². The Hall–Kier alpha value is -3.83. The molecule has 2 aromatic heterocycles. The van der Waals surface area contributed by atoms with Gasteiger partial charge in [-0.25, -0.2) is 13.8 Å². The summed E-state index contributed by atoms with van der Waals surface area (Å²) < 4.78 is 69.1. The molecular formula is C22H15F5N6O. The number of fused-ring (bicyclic) bond motifs is 1. The number of aromatic nitrogens is 5. The lowest BCUT2D eigenvalue weighted by Gasteiger charge is -2.48. The van der Waals surface area contributed by atoms with Crippen LogP contribution in [0.5, 0.6) is 0 Å². The number of hydrogen-bond donors (Lipinski definition) is 1. The standard InChI is InChI=1S/C22H15F5N6O/c23-13-5-12(33-30-8-17(31-33)22(25,26)27)6-14(24)19(13)20-18(10-1-2-10)21(34)32(20)11-3-4-15-16(7-11)29-9-28-15/h3-10,18,20H,1-2H2,(H,28,29)/t18-,20?/m1/s1. The van der Waals surface area contributed by atoms with Gasteiger partial charge in [0.1, 0.15) is 11.6 Å². The Bertz CT molecular complexity index is 1420. The predicted molar refractivity (Wildman–Crippen MR) is 109 cm³/mol. The third-order valence-electron chi connectivity index (χ3n) is 6.33. The molecule has 1 saturated carbocycles. The fraction of sp³-hybridized carbons (Fsp3) is 0.273. The minimum Gasteiger partial charge on any atom is -0.345 e. The van der Waals surface area contributed by atoms with E-state index in [9.17, 15) is 18.0 Å². The zero-order valence-electron chi connectivity index (χ0n) is 17.2. The van der Waals surface area contributed by atoms with E-state index < -0.39 is 35.5 Å². The largest absolute Gasteiger partial charge is 0.436 e. The highest BCUT2D eigenvalue weighted by Gasteiger charge is 2.56. The number of β-lactam (4-membered cyclic amide) rings is 1. The molecule has 1 N–H and O–H groups in total. The van der Waals surface area contributed by atoms with Crippen LogP contribution in [0.15, 0.2) is 42.9 Å². The van der Waals surface area contributed by atoms with E-state index in [2.05, 4.69) is 20.2 Å². The van der Waals surface area contributed by atoms with Crippen LogP contribution in [-0.2, 0) is 11.0 Å². The lowest BCUT2D eigenvalue weighted by atomic mass is 9.78. The van der Waals surface area contributed by atoms with E-state index in [0.717, 1.165) is 30.5 Å². The summed E-state index contributed by atoms with van der Waals surface area (Å²) in [5, 5.41) is 6.74. The summed E-state index contributed by atoms with van der Waals surface area (Å²) in [4.78, 5) is 22.0. The van der Waals surface area contributed by atoms with Crippen molar-refractivity contribution in [1.29, 1.82) is 0 Å². The number of aromatic amines is 1. The Labute approximate surface area is 188 Å². The third-order valence-corrected chi connectivity index (χ3v) is 6.33. The van der Waals surface area contributed by atoms with Gasteiger partial charge in [0.2, 0.25) is 5.91 Å². The Morgan fingerprint density at radius 2 is 1.76 bits per heavy atom. The molecule has 34 heavy (non-hydrogen) atoms. The van der Waals surface area contributed by atoms with Crippen molar-refractivity contribution >= 4 is 22.6 Å². The van der Waals surface area contributed by atoms with Crippen molar-refractivity contribution in [3.63, 3.8) is 0 Å². The van der Waals surface area contributed by atoms with E-state index in [1.54, 1.807) is 18.2 Å². The summed E-state index contributed by atoms with van der Waals surface area (Å²) in [5.41, 5.74) is -0.0919. The van der Waals surface area contributed by atoms with Crippen LogP contribution in [0.3, 0.4) is 0 Å². The second-order valence-electron chi connectivity index (χ2n) is 8.46. The van der Waals surface area contributed by atoms with Gasteiger partial charge in [-0.1, -0.05) is 0 Å². The number of halogens is 5. The van der Waals surface area contributed by atoms with Crippen LogP contribution < -0.4 is 4.90 Å². The van der Waals surface area contributed by atoms with Crippen molar-refractivity contribution in [3.05, 3.63) is 65.7 Å². The van der Waals surface area contributed by atoms with Gasteiger partial charge in [0.25, 0.3) is 0 Å². The van der Waals surface area contributed by atoms with Crippen LogP contribution in [0.2, 0.25) is 0 Å². The van der Waals surface area contributed by atoms with E-state index in [-0.39, 0.29) is 23.1 Å². The number of alkyl halides is 3. The highest BCUT2D eigenvalue weighted by molar-refractivity contribution is 6.04. The molecule has 6 rings (SSSR count). The molecule has 4 aromatic rings. The van der Waals surface area contributed by atoms with E-state index in [4.69, 9.17) is 0 Å². The molecule has 1 unspecified atom stereocenters. The van der Waals surface area contributed by atoms with Crippen LogP contribution in [-0.4, -0.2) is 30.9 Å². The highest BCUT2D eigenvalue weighted by atomic mass is 19.4. The zero-order valence-corrected chi connectivity index (χ0v) is 17.2. The summed E-state index contributed by atoms with van der Waals surface area (Å²) in [7, 11) is 0. The topological polar surface area (TPSA) is 79.7 Å². The molecule has 3 heterocycles. The van der Waals surface area contributed by atoms with Crippen molar-refractivity contribution in [2.75, 3.05) is 4.90 Å². The molecule has 1 amide bonds. The molecule has 1 aliphatic carbocycles. The van der Waals surface area contributed by atoms with Crippen molar-refractivity contribution in [2.24, 2.45) is 11.8 Å². The maximum Gasteiger partial charge on any atom is 0.436 e. The van der Waals surface area contributed by atoms with E-state index >= 15 is 8.78 Å². The fourth-order valence-electron chi connectivity index (χ4n) is 4.58. The first kappa shape index (κ1) is 20.8. The first-order chi connectivity index (χ1) is 16.2. The smallest absolute Gasteiger partial charge is 0.345 e. The number of imidazole rings is 1. The molecule has 2 aliphatic rings. The number of nitrogens with one attached hydrogen (secondary N) is 1. The second-order valence-corrected chi connectivity index (χ2v) is 8.46. The van der Waals surface area contributed by atoms with Crippen LogP contribution >= 0.6 is 0 Å². The summed E-state index contributed by atoms with van der Waals surface area (Å²) in [6.45, 7) is 0. The van der Waals surface area contributed by atoms with Gasteiger partial charge in [0.15, 0.2) is 5.69 Å². The van der Waals surface area contributed by atoms with E-state index in [1.165, 1.54) is 11.2 Å². The molecule has 12 heteroatoms. The molecule has 0 radical (unpaired) electrons. The van der Waals surface area contributed by atoms with E-state index in [0.29, 0.717) is 22.2 Å². The zero-order chi connectivity index (χ0) is 23.8. The first-order valence-corrected chi connectivity index (χ1v) is 10.5. The molecule has 1 aliphatic heterocycles. The third kappa shape index (κ3) is 3.16. The molecule has 1 saturated heterocycles. The van der Waals surface area contributed by atoms with E-state index in [1.807, 2.05) is 0 Å². The van der Waals surface area contributed by atoms with Crippen molar-refractivity contribution in [3.8, 4) is 5.69 Å². The Kier molecular flexibility index (Phi) is 4.32. The lowest BCUT2D eigenvalue weighted by molar-refractivity contribution is -0.141. The Balaban J connectivity index is 1.41. The number of nitrogens with zero attached hydrogens (tertiary/aromatic N) is 5. The highest BCUT2D eigenvalue weighted by Crippen LogP contribution is 2.55. The minimum atomic E-state index is -4.74. The second kappa shape index (κ2) is 7.08. The summed E-state index contributed by atoms with van der Waals surface area (Å²) in [5.74, 6) is -2.76. The molecule has 2 fully saturated rings. The number of hydrogen-bond acceptors (Lipinski definition) is 4. The molecule has 2 atom stereocenters. The van der Waals surface area contributed by atoms with Gasteiger partial charge in [-0.05, 0) is 37.0 Å². The van der Waals surface area contributed by atoms with Crippen LogP contribution in [0.4, 0.5) is 27.6 Å². The number of carbonyl (C=O) groups excluding carboxylic acids is 1. The number of rotatable bonds is 4. The number of H-pyrrole nitrogens is 1. The fourth-order valence-corrected chi connectivity index (χ4v) is 4.58. The average molecular weight is 474 g/mol. The van der Waals surface area contributed by atoms with Crippen LogP contribution in [0.25, 0.3) is 16.7 Å². The number of benzene rings is 2. The number of anilines is 1. The lowest BCUT2D eigenvalue weighted by Crippen LogP contribution is -2.56. The Morgan fingerprint density at radius 3 is 2.41 bits per heavy atom. The molecule has 7 nitrogen and oxygen atoms in total.